The molecule has 59 heavy (non-hydrogen) atoms. The molecule has 1 N–H and O–H groups in total. The smallest absolute Gasteiger partial charge is 0.251 e. The molecule has 9 rings (SSSR count). The summed E-state index contributed by atoms with van der Waals surface area (Å²) < 4.78 is 4.98. The number of carbonyl (C=O) groups is 1. The van der Waals surface area contributed by atoms with Crippen molar-refractivity contribution < 1.29 is 4.79 Å². The molecule has 0 aliphatic carbocycles. The first-order valence-electron chi connectivity index (χ1n) is 19.6. The number of tetrazole rings is 1. The molecular formula is C50H40BrN7O. The molecule has 7 aromatic carbocycles. The summed E-state index contributed by atoms with van der Waals surface area (Å²) in [7, 11) is 0. The second-order valence-electron chi connectivity index (χ2n) is 14.7. The molecule has 1 amide bonds. The average Bonchev–Trinajstić information content (AvgIpc) is 3.90. The number of benzene rings is 7. The highest BCUT2D eigenvalue weighted by Crippen LogP contribution is 2.43. The van der Waals surface area contributed by atoms with Crippen molar-refractivity contribution in [1.82, 2.24) is 35.3 Å². The van der Waals surface area contributed by atoms with Crippen LogP contribution in [-0.2, 0) is 12.1 Å². The van der Waals surface area contributed by atoms with E-state index in [9.17, 15) is 4.79 Å². The highest BCUT2D eigenvalue weighted by molar-refractivity contribution is 9.10. The molecule has 8 nitrogen and oxygen atoms in total. The van der Waals surface area contributed by atoms with E-state index in [1.165, 1.54) is 0 Å². The minimum Gasteiger partial charge on any atom is -0.346 e. The molecule has 0 fully saturated rings. The first kappa shape index (κ1) is 37.6. The van der Waals surface area contributed by atoms with E-state index in [2.05, 4.69) is 136 Å². The molecular weight excluding hydrogens is 795 g/mol. The minimum atomic E-state index is -0.868. The van der Waals surface area contributed by atoms with Gasteiger partial charge in [-0.3, -0.25) is 9.48 Å². The molecule has 0 aliphatic rings. The maximum atomic E-state index is 13.3. The van der Waals surface area contributed by atoms with E-state index in [4.69, 9.17) is 15.4 Å². The maximum absolute atomic E-state index is 13.3. The first-order valence-corrected chi connectivity index (χ1v) is 20.4. The number of nitrogens with zero attached hydrogens (tertiary/aromatic N) is 6. The van der Waals surface area contributed by atoms with Gasteiger partial charge in [0.15, 0.2) is 5.82 Å². The second kappa shape index (κ2) is 16.1. The number of nitrogens with one attached hydrogen (secondary N) is 1. The third kappa shape index (κ3) is 7.15. The zero-order valence-electron chi connectivity index (χ0n) is 32.6. The van der Waals surface area contributed by atoms with Crippen molar-refractivity contribution in [2.75, 3.05) is 0 Å². The van der Waals surface area contributed by atoms with Gasteiger partial charge >= 0.3 is 0 Å². The summed E-state index contributed by atoms with van der Waals surface area (Å²) in [5.74, 6) is 0.529. The van der Waals surface area contributed by atoms with Crippen LogP contribution in [0.3, 0.4) is 0 Å². The van der Waals surface area contributed by atoms with E-state index in [1.54, 1.807) is 0 Å². The van der Waals surface area contributed by atoms with Gasteiger partial charge < -0.3 is 5.32 Å². The van der Waals surface area contributed by atoms with Crippen LogP contribution >= 0.6 is 15.9 Å². The van der Waals surface area contributed by atoms with Crippen molar-refractivity contribution in [3.8, 4) is 22.5 Å². The Bertz CT molecular complexity index is 2780. The fourth-order valence-corrected chi connectivity index (χ4v) is 8.36. The summed E-state index contributed by atoms with van der Waals surface area (Å²) >= 11 is 3.48. The monoisotopic (exact) mass is 833 g/mol. The molecule has 1 atom stereocenters. The van der Waals surface area contributed by atoms with Gasteiger partial charge in [0.1, 0.15) is 5.54 Å². The molecule has 2 aromatic heterocycles. The summed E-state index contributed by atoms with van der Waals surface area (Å²) in [5.41, 5.74) is 9.81. The van der Waals surface area contributed by atoms with Crippen molar-refractivity contribution in [2.45, 2.75) is 32.0 Å². The Morgan fingerprint density at radius 1 is 0.695 bits per heavy atom. The number of hydrogen-bond acceptors (Lipinski definition) is 5. The molecule has 288 valence electrons. The molecule has 2 heterocycles. The third-order valence-corrected chi connectivity index (χ3v) is 11.6. The van der Waals surface area contributed by atoms with Crippen LogP contribution in [0.25, 0.3) is 33.4 Å². The Labute approximate surface area is 351 Å². The lowest BCUT2D eigenvalue weighted by Gasteiger charge is -2.36. The van der Waals surface area contributed by atoms with Crippen LogP contribution in [0.5, 0.6) is 0 Å². The van der Waals surface area contributed by atoms with Crippen molar-refractivity contribution in [1.29, 1.82) is 0 Å². The number of aromatic nitrogens is 6. The Balaban J connectivity index is 1.03. The van der Waals surface area contributed by atoms with Gasteiger partial charge in [-0.15, -0.1) is 5.10 Å². The summed E-state index contributed by atoms with van der Waals surface area (Å²) in [6, 6.07) is 61.9. The van der Waals surface area contributed by atoms with Gasteiger partial charge in [0.25, 0.3) is 5.91 Å². The normalized spacial score (nSPS) is 12.1. The van der Waals surface area contributed by atoms with E-state index in [-0.39, 0.29) is 11.9 Å². The number of aryl methyl sites for hydroxylation is 1. The molecule has 0 aliphatic heterocycles. The Kier molecular flexibility index (Phi) is 10.3. The first-order chi connectivity index (χ1) is 28.9. The van der Waals surface area contributed by atoms with E-state index in [0.717, 1.165) is 65.6 Å². The standard InChI is InChI=1S/C50H40BrN7O/c1-34(37-26-29-43(51)30-27-37)52-49(59)39-28-31-47-46(32-39)35(2)54-57(47)33-36-22-24-38(25-23-36)44-20-12-13-21-45(44)48-53-55-56-58(48)50(40-14-6-3-7-15-40,41-16-8-4-9-17-41)42-18-10-5-11-19-42/h3-32,34H,33H2,1-2H3,(H,52,59). The topological polar surface area (TPSA) is 90.5 Å². The number of hydrogen-bond donors (Lipinski definition) is 1. The summed E-state index contributed by atoms with van der Waals surface area (Å²) in [6.07, 6.45) is 0. The largest absolute Gasteiger partial charge is 0.346 e. The van der Waals surface area contributed by atoms with Crippen LogP contribution in [0, 0.1) is 6.92 Å². The highest BCUT2D eigenvalue weighted by atomic mass is 79.9. The van der Waals surface area contributed by atoms with Gasteiger partial charge in [-0.05, 0) is 93.6 Å². The van der Waals surface area contributed by atoms with Crippen LogP contribution in [0.15, 0.2) is 186 Å². The van der Waals surface area contributed by atoms with Gasteiger partial charge in [-0.2, -0.15) is 5.10 Å². The molecule has 9 aromatic rings. The number of fused-ring (bicyclic) bond motifs is 1. The number of halogens is 1. The van der Waals surface area contributed by atoms with Gasteiger partial charge in [0.05, 0.1) is 23.8 Å². The Hall–Kier alpha value is -6.97. The van der Waals surface area contributed by atoms with Gasteiger partial charge in [0.2, 0.25) is 0 Å². The zero-order chi connectivity index (χ0) is 40.3. The van der Waals surface area contributed by atoms with Crippen LogP contribution in [0.4, 0.5) is 0 Å². The van der Waals surface area contributed by atoms with Gasteiger partial charge in [-0.25, -0.2) is 4.68 Å². The molecule has 9 heteroatoms. The Morgan fingerprint density at radius 3 is 1.88 bits per heavy atom. The number of carbonyl (C=O) groups excluding carboxylic acids is 1. The number of amides is 1. The van der Waals surface area contributed by atoms with Crippen molar-refractivity contribution in [3.05, 3.63) is 226 Å². The average molecular weight is 835 g/mol. The van der Waals surface area contributed by atoms with Crippen molar-refractivity contribution in [2.24, 2.45) is 0 Å². The second-order valence-corrected chi connectivity index (χ2v) is 15.6. The van der Waals surface area contributed by atoms with Gasteiger partial charge in [-0.1, -0.05) is 168 Å². The molecule has 1 unspecified atom stereocenters. The quantitative estimate of drug-likeness (QED) is 0.131. The Morgan fingerprint density at radius 2 is 1.27 bits per heavy atom. The van der Waals surface area contributed by atoms with Crippen molar-refractivity contribution >= 4 is 32.7 Å². The lowest BCUT2D eigenvalue weighted by atomic mass is 9.77. The van der Waals surface area contributed by atoms with Gasteiger partial charge in [0, 0.05) is 21.0 Å². The third-order valence-electron chi connectivity index (χ3n) is 11.0. The fraction of sp³-hybridized carbons (Fsp3) is 0.100. The maximum Gasteiger partial charge on any atom is 0.251 e. The van der Waals surface area contributed by atoms with E-state index in [1.807, 2.05) is 96.0 Å². The zero-order valence-corrected chi connectivity index (χ0v) is 34.2. The highest BCUT2D eigenvalue weighted by Gasteiger charge is 2.42. The molecule has 0 spiro atoms. The lowest BCUT2D eigenvalue weighted by molar-refractivity contribution is 0.0940. The van der Waals surface area contributed by atoms with E-state index >= 15 is 0 Å². The van der Waals surface area contributed by atoms with Crippen molar-refractivity contribution in [3.63, 3.8) is 0 Å². The molecule has 0 saturated carbocycles. The van der Waals surface area contributed by atoms with Crippen LogP contribution in [0.1, 0.15) is 56.8 Å². The van der Waals surface area contributed by atoms with Crippen LogP contribution in [0.2, 0.25) is 0 Å². The number of rotatable bonds is 11. The minimum absolute atomic E-state index is 0.120. The fourth-order valence-electron chi connectivity index (χ4n) is 8.09. The summed E-state index contributed by atoms with van der Waals surface area (Å²) in [4.78, 5) is 13.3. The predicted molar refractivity (Wildman–Crippen MR) is 237 cm³/mol. The molecule has 0 radical (unpaired) electrons. The van der Waals surface area contributed by atoms with Crippen LogP contribution in [-0.4, -0.2) is 35.9 Å². The molecule has 0 bridgehead atoms. The summed E-state index contributed by atoms with van der Waals surface area (Å²) in [5, 5.41) is 22.8. The van der Waals surface area contributed by atoms with Crippen LogP contribution < -0.4 is 5.32 Å². The SMILES string of the molecule is Cc1nn(Cc2ccc(-c3ccccc3-c3nnnn3C(c3ccccc3)(c3ccccc3)c3ccccc3)cc2)c2ccc(C(=O)NC(C)c3ccc(Br)cc3)cc12. The molecule has 0 saturated heterocycles. The lowest BCUT2D eigenvalue weighted by Crippen LogP contribution is -2.39. The summed E-state index contributed by atoms with van der Waals surface area (Å²) in [6.45, 7) is 4.55. The van der Waals surface area contributed by atoms with E-state index in [0.29, 0.717) is 17.9 Å². The van der Waals surface area contributed by atoms with E-state index < -0.39 is 5.54 Å². The predicted octanol–water partition coefficient (Wildman–Crippen LogP) is 10.8.